The molecule has 2 aromatic carbocycles. The number of esters is 1. The average Bonchev–Trinajstić information content (AvgIpc) is 2.72. The summed E-state index contributed by atoms with van der Waals surface area (Å²) in [5.41, 5.74) is 1.59. The van der Waals surface area contributed by atoms with E-state index >= 15 is 0 Å². The number of thiocarbonyl (C=S) groups is 1. The van der Waals surface area contributed by atoms with Gasteiger partial charge in [0.05, 0.1) is 12.6 Å². The first-order chi connectivity index (χ1) is 14.9. The SMILES string of the molecule is C=CCOC(=O)[C@@H]1[C@H]2NC(=S)N(c3cccc(C)c3)[C@@]1(C)Oc1c(OCC)cccc12. The van der Waals surface area contributed by atoms with E-state index < -0.39 is 17.7 Å². The number of hydrogen-bond acceptors (Lipinski definition) is 5. The highest BCUT2D eigenvalue weighted by Crippen LogP contribution is 2.52. The van der Waals surface area contributed by atoms with E-state index in [1.165, 1.54) is 0 Å². The maximum Gasteiger partial charge on any atom is 0.317 e. The fraction of sp³-hybridized carbons (Fsp3) is 0.333. The quantitative estimate of drug-likeness (QED) is 0.410. The lowest BCUT2D eigenvalue weighted by Gasteiger charge is -2.55. The van der Waals surface area contributed by atoms with E-state index in [0.717, 1.165) is 16.8 Å². The summed E-state index contributed by atoms with van der Waals surface area (Å²) in [5, 5.41) is 3.85. The van der Waals surface area contributed by atoms with Gasteiger partial charge < -0.3 is 19.5 Å². The van der Waals surface area contributed by atoms with Gasteiger partial charge >= 0.3 is 5.97 Å². The number of ether oxygens (including phenoxy) is 3. The van der Waals surface area contributed by atoms with E-state index in [1.807, 2.05) is 68.1 Å². The van der Waals surface area contributed by atoms with Crippen molar-refractivity contribution < 1.29 is 19.0 Å². The summed E-state index contributed by atoms with van der Waals surface area (Å²) < 4.78 is 17.9. The second-order valence-electron chi connectivity index (χ2n) is 7.76. The molecule has 4 rings (SSSR count). The van der Waals surface area contributed by atoms with Crippen molar-refractivity contribution in [2.24, 2.45) is 5.92 Å². The Morgan fingerprint density at radius 1 is 1.35 bits per heavy atom. The molecule has 6 nitrogen and oxygen atoms in total. The van der Waals surface area contributed by atoms with Crippen LogP contribution >= 0.6 is 12.2 Å². The first-order valence-corrected chi connectivity index (χ1v) is 10.7. The predicted molar refractivity (Wildman–Crippen MR) is 123 cm³/mol. The topological polar surface area (TPSA) is 60.0 Å². The van der Waals surface area contributed by atoms with Gasteiger partial charge in [-0.25, -0.2) is 0 Å². The molecule has 2 aliphatic heterocycles. The molecule has 1 fully saturated rings. The second-order valence-corrected chi connectivity index (χ2v) is 8.15. The number of hydrogen-bond donors (Lipinski definition) is 1. The normalized spacial score (nSPS) is 23.8. The zero-order valence-electron chi connectivity index (χ0n) is 17.9. The summed E-state index contributed by atoms with van der Waals surface area (Å²) in [6, 6.07) is 13.2. The van der Waals surface area contributed by atoms with Gasteiger partial charge in [0.1, 0.15) is 12.5 Å². The largest absolute Gasteiger partial charge is 0.490 e. The molecule has 0 spiro atoms. The first kappa shape index (κ1) is 21.2. The molecular weight excluding hydrogens is 412 g/mol. The van der Waals surface area contributed by atoms with Crippen LogP contribution in [0.2, 0.25) is 0 Å². The number of nitrogens with zero attached hydrogens (tertiary/aromatic N) is 1. The molecule has 2 heterocycles. The minimum absolute atomic E-state index is 0.124. The van der Waals surface area contributed by atoms with E-state index in [0.29, 0.717) is 23.2 Å². The molecule has 0 aromatic heterocycles. The Bertz CT molecular complexity index is 1040. The maximum atomic E-state index is 13.3. The van der Waals surface area contributed by atoms with Gasteiger partial charge in [-0.3, -0.25) is 9.69 Å². The minimum Gasteiger partial charge on any atom is -0.490 e. The number of rotatable bonds is 6. The Hall–Kier alpha value is -3.06. The predicted octanol–water partition coefficient (Wildman–Crippen LogP) is 4.28. The number of anilines is 1. The fourth-order valence-electron chi connectivity index (χ4n) is 4.39. The smallest absolute Gasteiger partial charge is 0.317 e. The van der Waals surface area contributed by atoms with E-state index in [1.54, 1.807) is 6.08 Å². The highest BCUT2D eigenvalue weighted by molar-refractivity contribution is 7.80. The molecule has 3 atom stereocenters. The van der Waals surface area contributed by atoms with E-state index in [9.17, 15) is 4.79 Å². The Balaban J connectivity index is 1.89. The molecule has 0 unspecified atom stereocenters. The van der Waals surface area contributed by atoms with Gasteiger partial charge in [0.15, 0.2) is 16.6 Å². The Labute approximate surface area is 187 Å². The average molecular weight is 439 g/mol. The highest BCUT2D eigenvalue weighted by Gasteiger charge is 2.60. The maximum absolute atomic E-state index is 13.3. The monoisotopic (exact) mass is 438 g/mol. The van der Waals surface area contributed by atoms with Gasteiger partial charge in [-0.1, -0.05) is 36.9 Å². The molecule has 2 bridgehead atoms. The lowest BCUT2D eigenvalue weighted by molar-refractivity contribution is -0.159. The molecule has 0 amide bonds. The van der Waals surface area contributed by atoms with Gasteiger partial charge in [-0.2, -0.15) is 0 Å². The number of carbonyl (C=O) groups is 1. The Morgan fingerprint density at radius 2 is 2.13 bits per heavy atom. The van der Waals surface area contributed by atoms with Crippen molar-refractivity contribution in [1.82, 2.24) is 5.32 Å². The number of carbonyl (C=O) groups excluding carboxylic acids is 1. The van der Waals surface area contributed by atoms with Crippen molar-refractivity contribution >= 4 is 29.0 Å². The summed E-state index contributed by atoms with van der Waals surface area (Å²) >= 11 is 5.75. The van der Waals surface area contributed by atoms with Crippen LogP contribution in [0.5, 0.6) is 11.5 Å². The van der Waals surface area contributed by atoms with Crippen molar-refractivity contribution in [3.8, 4) is 11.5 Å². The van der Waals surface area contributed by atoms with Gasteiger partial charge in [-0.15, -0.1) is 0 Å². The molecule has 0 saturated carbocycles. The zero-order valence-corrected chi connectivity index (χ0v) is 18.7. The molecule has 1 N–H and O–H groups in total. The summed E-state index contributed by atoms with van der Waals surface area (Å²) in [6.45, 7) is 10.1. The highest BCUT2D eigenvalue weighted by atomic mass is 32.1. The Kier molecular flexibility index (Phi) is 5.62. The third kappa shape index (κ3) is 3.53. The third-order valence-corrected chi connectivity index (χ3v) is 5.95. The summed E-state index contributed by atoms with van der Waals surface area (Å²) in [5.74, 6) is 0.182. The van der Waals surface area contributed by atoms with Crippen LogP contribution in [-0.2, 0) is 9.53 Å². The van der Waals surface area contributed by atoms with Crippen LogP contribution in [0.15, 0.2) is 55.1 Å². The van der Waals surface area contributed by atoms with Crippen LogP contribution in [-0.4, -0.2) is 30.0 Å². The third-order valence-electron chi connectivity index (χ3n) is 5.65. The van der Waals surface area contributed by atoms with Crippen LogP contribution in [0.1, 0.15) is 31.0 Å². The van der Waals surface area contributed by atoms with Gasteiger partial charge in [0.2, 0.25) is 5.72 Å². The number of para-hydroxylation sites is 1. The zero-order chi connectivity index (χ0) is 22.2. The first-order valence-electron chi connectivity index (χ1n) is 10.3. The second kappa shape index (κ2) is 8.23. The molecule has 1 saturated heterocycles. The van der Waals surface area contributed by atoms with E-state index in [2.05, 4.69) is 11.9 Å². The minimum atomic E-state index is -1.13. The van der Waals surface area contributed by atoms with Crippen molar-refractivity contribution in [1.29, 1.82) is 0 Å². The van der Waals surface area contributed by atoms with Gasteiger partial charge in [0.25, 0.3) is 0 Å². The number of aryl methyl sites for hydroxylation is 1. The lowest BCUT2D eigenvalue weighted by atomic mass is 9.79. The van der Waals surface area contributed by atoms with Crippen LogP contribution in [0.4, 0.5) is 5.69 Å². The van der Waals surface area contributed by atoms with Gasteiger partial charge in [-0.05, 0) is 56.8 Å². The summed E-state index contributed by atoms with van der Waals surface area (Å²) in [6.07, 6.45) is 1.55. The van der Waals surface area contributed by atoms with Crippen LogP contribution in [0.25, 0.3) is 0 Å². The lowest BCUT2D eigenvalue weighted by Crippen LogP contribution is -2.71. The molecule has 0 radical (unpaired) electrons. The summed E-state index contributed by atoms with van der Waals surface area (Å²) in [4.78, 5) is 15.1. The number of benzene rings is 2. The molecule has 31 heavy (non-hydrogen) atoms. The molecule has 7 heteroatoms. The van der Waals surface area contributed by atoms with Crippen LogP contribution < -0.4 is 19.7 Å². The van der Waals surface area contributed by atoms with Crippen molar-refractivity contribution in [2.75, 3.05) is 18.1 Å². The number of fused-ring (bicyclic) bond motifs is 4. The molecule has 2 aliphatic rings. The standard InChI is InChI=1S/C24H26N2O4S/c1-5-13-29-22(27)19-20-17-11-8-12-18(28-6-2)21(17)30-24(19,4)26(23(31)25-20)16-10-7-9-15(3)14-16/h5,7-12,14,19-20H,1,6,13H2,2-4H3,(H,25,31)/t19-,20-,24-/m0/s1. The van der Waals surface area contributed by atoms with Crippen molar-refractivity contribution in [3.63, 3.8) is 0 Å². The van der Waals surface area contributed by atoms with Gasteiger partial charge in [0, 0.05) is 11.3 Å². The van der Waals surface area contributed by atoms with Crippen molar-refractivity contribution in [2.45, 2.75) is 32.5 Å². The Morgan fingerprint density at radius 3 is 2.84 bits per heavy atom. The van der Waals surface area contributed by atoms with Crippen LogP contribution in [0.3, 0.4) is 0 Å². The molecule has 0 aliphatic carbocycles. The molecule has 162 valence electrons. The van der Waals surface area contributed by atoms with Crippen molar-refractivity contribution in [3.05, 3.63) is 66.2 Å². The summed E-state index contributed by atoms with van der Waals surface area (Å²) in [7, 11) is 0. The molecule has 2 aromatic rings. The van der Waals surface area contributed by atoms with E-state index in [4.69, 9.17) is 26.4 Å². The fourth-order valence-corrected chi connectivity index (χ4v) is 4.80. The molecular formula is C24H26N2O4S. The number of nitrogens with one attached hydrogen (secondary N) is 1. The van der Waals surface area contributed by atoms with Crippen LogP contribution in [0, 0.1) is 12.8 Å². The van der Waals surface area contributed by atoms with E-state index in [-0.39, 0.29) is 12.6 Å².